The van der Waals surface area contributed by atoms with E-state index in [-0.39, 0.29) is 11.7 Å². The number of thioether (sulfide) groups is 1. The molecule has 1 unspecified atom stereocenters. The molecule has 0 saturated heterocycles. The fourth-order valence-electron chi connectivity index (χ4n) is 3.25. The summed E-state index contributed by atoms with van der Waals surface area (Å²) in [6.07, 6.45) is 2.97. The molecule has 0 saturated carbocycles. The van der Waals surface area contributed by atoms with Crippen molar-refractivity contribution < 1.29 is 4.79 Å². The van der Waals surface area contributed by atoms with Crippen LogP contribution in [0.4, 0.5) is 5.00 Å². The summed E-state index contributed by atoms with van der Waals surface area (Å²) in [5.41, 5.74) is 2.57. The maximum absolute atomic E-state index is 12.5. The standard InChI is InChI=1S/C19H18N6OS2/c1-12-7-8-14-15(10-20)18(28-16(14)9-12)21-17(26)11-27-19-22-23-24-25(19)13-5-3-2-4-6-13/h2-6,12H,7-9,11H2,1H3,(H,21,26). The van der Waals surface area contributed by atoms with E-state index in [0.29, 0.717) is 21.6 Å². The minimum Gasteiger partial charge on any atom is -0.316 e. The zero-order chi connectivity index (χ0) is 19.5. The molecule has 1 aliphatic carbocycles. The van der Waals surface area contributed by atoms with Gasteiger partial charge in [-0.15, -0.1) is 16.4 Å². The molecule has 142 valence electrons. The van der Waals surface area contributed by atoms with Gasteiger partial charge in [-0.1, -0.05) is 36.9 Å². The topological polar surface area (TPSA) is 96.5 Å². The first-order valence-electron chi connectivity index (χ1n) is 8.96. The maximum Gasteiger partial charge on any atom is 0.235 e. The Balaban J connectivity index is 1.44. The van der Waals surface area contributed by atoms with Gasteiger partial charge in [-0.05, 0) is 53.3 Å². The third-order valence-corrected chi connectivity index (χ3v) is 6.74. The highest BCUT2D eigenvalue weighted by molar-refractivity contribution is 7.99. The van der Waals surface area contributed by atoms with Gasteiger partial charge in [0.1, 0.15) is 11.1 Å². The van der Waals surface area contributed by atoms with Crippen LogP contribution in [-0.4, -0.2) is 31.9 Å². The largest absolute Gasteiger partial charge is 0.316 e. The molecule has 4 rings (SSSR count). The van der Waals surface area contributed by atoms with E-state index in [1.54, 1.807) is 4.68 Å². The first-order chi connectivity index (χ1) is 13.7. The zero-order valence-corrected chi connectivity index (χ0v) is 16.9. The predicted molar refractivity (Wildman–Crippen MR) is 109 cm³/mol. The summed E-state index contributed by atoms with van der Waals surface area (Å²) in [4.78, 5) is 13.7. The Kier molecular flexibility index (Phi) is 5.41. The Bertz CT molecular complexity index is 1040. The molecule has 1 aliphatic rings. The molecule has 0 bridgehead atoms. The minimum atomic E-state index is -0.171. The normalized spacial score (nSPS) is 15.6. The number of benzene rings is 1. The number of nitrogens with one attached hydrogen (secondary N) is 1. The molecular formula is C19H18N6OS2. The number of fused-ring (bicyclic) bond motifs is 1. The molecule has 0 radical (unpaired) electrons. The molecule has 2 aromatic heterocycles. The van der Waals surface area contributed by atoms with E-state index in [2.05, 4.69) is 33.8 Å². The van der Waals surface area contributed by atoms with Crippen LogP contribution < -0.4 is 5.32 Å². The predicted octanol–water partition coefficient (Wildman–Crippen LogP) is 3.45. The first-order valence-corrected chi connectivity index (χ1v) is 10.8. The van der Waals surface area contributed by atoms with E-state index in [0.717, 1.165) is 30.5 Å². The van der Waals surface area contributed by atoms with Crippen LogP contribution >= 0.6 is 23.1 Å². The van der Waals surface area contributed by atoms with Crippen molar-refractivity contribution >= 4 is 34.0 Å². The maximum atomic E-state index is 12.5. The number of tetrazole rings is 1. The Morgan fingerprint density at radius 3 is 3.04 bits per heavy atom. The number of carbonyl (C=O) groups is 1. The summed E-state index contributed by atoms with van der Waals surface area (Å²) >= 11 is 2.79. The fraction of sp³-hybridized carbons (Fsp3) is 0.316. The second kappa shape index (κ2) is 8.12. The van der Waals surface area contributed by atoms with Crippen LogP contribution in [0.15, 0.2) is 35.5 Å². The average Bonchev–Trinajstić information content (AvgIpc) is 3.30. The van der Waals surface area contributed by atoms with Gasteiger partial charge in [0, 0.05) is 4.88 Å². The lowest BCUT2D eigenvalue weighted by Crippen LogP contribution is -2.14. The smallest absolute Gasteiger partial charge is 0.235 e. The van der Waals surface area contributed by atoms with Crippen molar-refractivity contribution in [1.82, 2.24) is 20.2 Å². The Labute approximate surface area is 170 Å². The molecule has 3 aromatic rings. The van der Waals surface area contributed by atoms with Gasteiger partial charge < -0.3 is 5.32 Å². The molecule has 0 spiro atoms. The summed E-state index contributed by atoms with van der Waals surface area (Å²) in [7, 11) is 0. The van der Waals surface area contributed by atoms with Crippen molar-refractivity contribution in [2.24, 2.45) is 5.92 Å². The number of aromatic nitrogens is 4. The van der Waals surface area contributed by atoms with Crippen molar-refractivity contribution in [3.63, 3.8) is 0 Å². The number of anilines is 1. The summed E-state index contributed by atoms with van der Waals surface area (Å²) in [5, 5.41) is 25.4. The van der Waals surface area contributed by atoms with Gasteiger partial charge >= 0.3 is 0 Å². The number of carbonyl (C=O) groups excluding carboxylic acids is 1. The monoisotopic (exact) mass is 410 g/mol. The second-order valence-electron chi connectivity index (χ2n) is 6.71. The Hall–Kier alpha value is -2.70. The van der Waals surface area contributed by atoms with Crippen LogP contribution in [0, 0.1) is 17.2 Å². The molecule has 1 atom stereocenters. The highest BCUT2D eigenvalue weighted by atomic mass is 32.2. The number of para-hydroxylation sites is 1. The van der Waals surface area contributed by atoms with Gasteiger partial charge in [-0.25, -0.2) is 0 Å². The van der Waals surface area contributed by atoms with Crippen molar-refractivity contribution in [2.75, 3.05) is 11.1 Å². The number of amides is 1. The number of rotatable bonds is 5. The number of hydrogen-bond donors (Lipinski definition) is 1. The molecule has 1 aromatic carbocycles. The molecule has 9 heteroatoms. The van der Waals surface area contributed by atoms with Gasteiger partial charge in [0.2, 0.25) is 11.1 Å². The molecule has 0 aliphatic heterocycles. The summed E-state index contributed by atoms with van der Waals surface area (Å²) in [6.45, 7) is 2.22. The van der Waals surface area contributed by atoms with Gasteiger partial charge in [0.25, 0.3) is 0 Å². The van der Waals surface area contributed by atoms with Gasteiger partial charge in [-0.2, -0.15) is 9.94 Å². The summed E-state index contributed by atoms with van der Waals surface area (Å²) < 4.78 is 1.60. The number of thiophene rings is 1. The van der Waals surface area contributed by atoms with Gasteiger partial charge in [0.05, 0.1) is 17.0 Å². The van der Waals surface area contributed by atoms with Crippen LogP contribution in [0.1, 0.15) is 29.3 Å². The highest BCUT2D eigenvalue weighted by Crippen LogP contribution is 2.39. The van der Waals surface area contributed by atoms with Gasteiger partial charge in [-0.3, -0.25) is 4.79 Å². The molecule has 1 amide bonds. The number of nitrogens with zero attached hydrogens (tertiary/aromatic N) is 5. The molecule has 2 heterocycles. The van der Waals surface area contributed by atoms with Crippen LogP contribution in [0.5, 0.6) is 0 Å². The molecular weight excluding hydrogens is 392 g/mol. The Morgan fingerprint density at radius 1 is 1.43 bits per heavy atom. The number of hydrogen-bond acceptors (Lipinski definition) is 7. The quantitative estimate of drug-likeness (QED) is 0.647. The van der Waals surface area contributed by atoms with Crippen molar-refractivity contribution in [1.29, 1.82) is 5.26 Å². The highest BCUT2D eigenvalue weighted by Gasteiger charge is 2.24. The molecule has 1 N–H and O–H groups in total. The van der Waals surface area contributed by atoms with Crippen molar-refractivity contribution in [3.8, 4) is 11.8 Å². The van der Waals surface area contributed by atoms with Crippen LogP contribution in [-0.2, 0) is 17.6 Å². The molecule has 0 fully saturated rings. The second-order valence-corrected chi connectivity index (χ2v) is 8.76. The third-order valence-electron chi connectivity index (χ3n) is 4.65. The van der Waals surface area contributed by atoms with Crippen molar-refractivity contribution in [2.45, 2.75) is 31.3 Å². The van der Waals surface area contributed by atoms with Gasteiger partial charge in [0.15, 0.2) is 0 Å². The Morgan fingerprint density at radius 2 is 2.25 bits per heavy atom. The third kappa shape index (κ3) is 3.79. The fourth-order valence-corrected chi connectivity index (χ4v) is 5.32. The van der Waals surface area contributed by atoms with E-state index in [9.17, 15) is 10.1 Å². The van der Waals surface area contributed by atoms with E-state index in [1.807, 2.05) is 30.3 Å². The zero-order valence-electron chi connectivity index (χ0n) is 15.3. The SMILES string of the molecule is CC1CCc2c(sc(NC(=O)CSc3nnnn3-c3ccccc3)c2C#N)C1. The molecule has 7 nitrogen and oxygen atoms in total. The van der Waals surface area contributed by atoms with E-state index in [1.165, 1.54) is 28.0 Å². The van der Waals surface area contributed by atoms with Crippen molar-refractivity contribution in [3.05, 3.63) is 46.3 Å². The lowest BCUT2D eigenvalue weighted by molar-refractivity contribution is -0.113. The van der Waals surface area contributed by atoms with E-state index in [4.69, 9.17) is 0 Å². The minimum absolute atomic E-state index is 0.164. The number of nitriles is 1. The lowest BCUT2D eigenvalue weighted by Gasteiger charge is -2.17. The van der Waals surface area contributed by atoms with E-state index < -0.39 is 0 Å². The molecule has 28 heavy (non-hydrogen) atoms. The van der Waals surface area contributed by atoms with Crippen LogP contribution in [0.3, 0.4) is 0 Å². The van der Waals surface area contributed by atoms with Crippen LogP contribution in [0.2, 0.25) is 0 Å². The first kappa shape index (κ1) is 18.7. The van der Waals surface area contributed by atoms with Crippen LogP contribution in [0.25, 0.3) is 5.69 Å². The lowest BCUT2D eigenvalue weighted by atomic mass is 9.89. The summed E-state index contributed by atoms with van der Waals surface area (Å²) in [6, 6.07) is 11.8. The average molecular weight is 411 g/mol. The summed E-state index contributed by atoms with van der Waals surface area (Å²) in [5.74, 6) is 0.612. The van der Waals surface area contributed by atoms with E-state index >= 15 is 0 Å².